The summed E-state index contributed by atoms with van der Waals surface area (Å²) in [6.07, 6.45) is 1.86. The van der Waals surface area contributed by atoms with E-state index in [0.29, 0.717) is 5.02 Å². The Kier molecular flexibility index (Phi) is 4.46. The third-order valence-corrected chi connectivity index (χ3v) is 5.07. The van der Waals surface area contributed by atoms with Gasteiger partial charge in [0.25, 0.3) is 0 Å². The van der Waals surface area contributed by atoms with E-state index in [4.69, 9.17) is 16.0 Å². The van der Waals surface area contributed by atoms with Crippen molar-refractivity contribution in [3.05, 3.63) is 62.8 Å². The molecule has 0 unspecified atom stereocenters. The summed E-state index contributed by atoms with van der Waals surface area (Å²) in [6, 6.07) is 9.41. The van der Waals surface area contributed by atoms with E-state index in [2.05, 4.69) is 21.2 Å². The number of aryl methyl sites for hydroxylation is 2. The Morgan fingerprint density at radius 2 is 2.04 bits per heavy atom. The topological polar surface area (TPSA) is 42.2 Å². The summed E-state index contributed by atoms with van der Waals surface area (Å²) in [5.41, 5.74) is 4.25. The average molecular weight is 393 g/mol. The molecule has 0 aliphatic heterocycles. The Balaban J connectivity index is 1.89. The van der Waals surface area contributed by atoms with E-state index in [1.165, 1.54) is 0 Å². The molecule has 1 aromatic heterocycles. The van der Waals surface area contributed by atoms with E-state index >= 15 is 0 Å². The van der Waals surface area contributed by atoms with Crippen LogP contribution in [-0.4, -0.2) is 5.91 Å². The predicted octanol–water partition coefficient (Wildman–Crippen LogP) is 5.65. The standard InChI is InChI=1S/C18H15BrClNO2/c1-10-7-15-17(11(2)18(10)20)12(9-23-15)8-16(22)21-14-6-4-3-5-13(14)19/h3-7,9H,8H2,1-2H3,(H,21,22). The van der Waals surface area contributed by atoms with Crippen LogP contribution in [0, 0.1) is 13.8 Å². The smallest absolute Gasteiger partial charge is 0.228 e. The fraction of sp³-hybridized carbons (Fsp3) is 0.167. The fourth-order valence-electron chi connectivity index (χ4n) is 2.67. The van der Waals surface area contributed by atoms with E-state index in [9.17, 15) is 4.79 Å². The Morgan fingerprint density at radius 1 is 1.30 bits per heavy atom. The molecular formula is C18H15BrClNO2. The number of carbonyl (C=O) groups is 1. The quantitative estimate of drug-likeness (QED) is 0.626. The van der Waals surface area contributed by atoms with Crippen molar-refractivity contribution in [3.63, 3.8) is 0 Å². The van der Waals surface area contributed by atoms with Gasteiger partial charge in [0.2, 0.25) is 5.91 Å². The molecule has 1 amide bonds. The number of rotatable bonds is 3. The molecule has 2 aromatic carbocycles. The van der Waals surface area contributed by atoms with Crippen molar-refractivity contribution < 1.29 is 9.21 Å². The average Bonchev–Trinajstić information content (AvgIpc) is 2.90. The van der Waals surface area contributed by atoms with Gasteiger partial charge >= 0.3 is 0 Å². The molecule has 3 rings (SSSR count). The van der Waals surface area contributed by atoms with Crippen molar-refractivity contribution in [2.24, 2.45) is 0 Å². The second kappa shape index (κ2) is 6.38. The van der Waals surface area contributed by atoms with Gasteiger partial charge in [-0.05, 0) is 59.1 Å². The van der Waals surface area contributed by atoms with Crippen LogP contribution in [0.4, 0.5) is 5.69 Å². The summed E-state index contributed by atoms with van der Waals surface area (Å²) in [5.74, 6) is -0.101. The molecule has 0 aliphatic rings. The van der Waals surface area contributed by atoms with E-state index in [1.807, 2.05) is 44.2 Å². The normalized spacial score (nSPS) is 11.0. The number of para-hydroxylation sites is 1. The first kappa shape index (κ1) is 16.1. The van der Waals surface area contributed by atoms with Gasteiger partial charge in [0.15, 0.2) is 0 Å². The van der Waals surface area contributed by atoms with E-state index < -0.39 is 0 Å². The van der Waals surface area contributed by atoms with E-state index in [0.717, 1.165) is 37.8 Å². The molecule has 0 saturated heterocycles. The monoisotopic (exact) mass is 391 g/mol. The van der Waals surface area contributed by atoms with Crippen molar-refractivity contribution in [3.8, 4) is 0 Å². The van der Waals surface area contributed by atoms with Crippen molar-refractivity contribution in [2.75, 3.05) is 5.32 Å². The minimum absolute atomic E-state index is 0.101. The highest BCUT2D eigenvalue weighted by Crippen LogP contribution is 2.33. The maximum Gasteiger partial charge on any atom is 0.228 e. The summed E-state index contributed by atoms with van der Waals surface area (Å²) < 4.78 is 6.44. The zero-order valence-corrected chi connectivity index (χ0v) is 15.1. The van der Waals surface area contributed by atoms with Crippen LogP contribution in [0.3, 0.4) is 0 Å². The van der Waals surface area contributed by atoms with Gasteiger partial charge in [-0.1, -0.05) is 23.7 Å². The number of nitrogens with one attached hydrogen (secondary N) is 1. The molecule has 3 nitrogen and oxygen atoms in total. The molecule has 0 aliphatic carbocycles. The highest BCUT2D eigenvalue weighted by atomic mass is 79.9. The molecule has 118 valence electrons. The zero-order valence-electron chi connectivity index (χ0n) is 12.7. The van der Waals surface area contributed by atoms with E-state index in [-0.39, 0.29) is 12.3 Å². The highest BCUT2D eigenvalue weighted by Gasteiger charge is 2.16. The van der Waals surface area contributed by atoms with Gasteiger partial charge in [-0.15, -0.1) is 0 Å². The second-order valence-corrected chi connectivity index (χ2v) is 6.70. The number of anilines is 1. The van der Waals surface area contributed by atoms with Crippen LogP contribution < -0.4 is 5.32 Å². The first-order valence-electron chi connectivity index (χ1n) is 7.17. The van der Waals surface area contributed by atoms with Gasteiger partial charge in [-0.3, -0.25) is 4.79 Å². The summed E-state index contributed by atoms with van der Waals surface area (Å²) >= 11 is 9.75. The Hall–Kier alpha value is -1.78. The lowest BCUT2D eigenvalue weighted by atomic mass is 10.0. The summed E-state index contributed by atoms with van der Waals surface area (Å²) in [4.78, 5) is 12.3. The Labute approximate surface area is 147 Å². The van der Waals surface area contributed by atoms with Gasteiger partial charge in [-0.25, -0.2) is 0 Å². The molecule has 0 fully saturated rings. The lowest BCUT2D eigenvalue weighted by molar-refractivity contribution is -0.115. The molecular weight excluding hydrogens is 378 g/mol. The number of hydrogen-bond donors (Lipinski definition) is 1. The van der Waals surface area contributed by atoms with Gasteiger partial charge in [0.05, 0.1) is 18.4 Å². The van der Waals surface area contributed by atoms with Crippen molar-refractivity contribution in [2.45, 2.75) is 20.3 Å². The third kappa shape index (κ3) is 3.14. The first-order valence-corrected chi connectivity index (χ1v) is 8.34. The van der Waals surface area contributed by atoms with Crippen molar-refractivity contribution >= 4 is 50.1 Å². The van der Waals surface area contributed by atoms with Crippen LogP contribution in [0.5, 0.6) is 0 Å². The van der Waals surface area contributed by atoms with Crippen LogP contribution in [0.15, 0.2) is 45.5 Å². The SMILES string of the molecule is Cc1cc2occ(CC(=O)Nc3ccccc3Br)c2c(C)c1Cl. The highest BCUT2D eigenvalue weighted by molar-refractivity contribution is 9.10. The van der Waals surface area contributed by atoms with Gasteiger partial charge < -0.3 is 9.73 Å². The van der Waals surface area contributed by atoms with Crippen LogP contribution in [0.1, 0.15) is 16.7 Å². The number of benzene rings is 2. The third-order valence-electron chi connectivity index (χ3n) is 3.79. The fourth-order valence-corrected chi connectivity index (χ4v) is 3.20. The molecule has 0 atom stereocenters. The van der Waals surface area contributed by atoms with E-state index in [1.54, 1.807) is 6.26 Å². The van der Waals surface area contributed by atoms with Gasteiger partial charge in [0, 0.05) is 20.4 Å². The zero-order chi connectivity index (χ0) is 16.6. The van der Waals surface area contributed by atoms with Crippen molar-refractivity contribution in [1.82, 2.24) is 0 Å². The number of fused-ring (bicyclic) bond motifs is 1. The summed E-state index contributed by atoms with van der Waals surface area (Å²) in [7, 11) is 0. The number of amides is 1. The molecule has 3 aromatic rings. The lowest BCUT2D eigenvalue weighted by Gasteiger charge is -2.08. The molecule has 23 heavy (non-hydrogen) atoms. The maximum absolute atomic E-state index is 12.3. The van der Waals surface area contributed by atoms with Crippen LogP contribution in [0.2, 0.25) is 5.02 Å². The van der Waals surface area contributed by atoms with Gasteiger partial charge in [-0.2, -0.15) is 0 Å². The lowest BCUT2D eigenvalue weighted by Crippen LogP contribution is -2.14. The molecule has 0 saturated carbocycles. The number of halogens is 2. The molecule has 0 radical (unpaired) electrons. The minimum atomic E-state index is -0.101. The van der Waals surface area contributed by atoms with Crippen LogP contribution in [0.25, 0.3) is 11.0 Å². The number of furan rings is 1. The van der Waals surface area contributed by atoms with Crippen molar-refractivity contribution in [1.29, 1.82) is 0 Å². The Morgan fingerprint density at radius 3 is 2.78 bits per heavy atom. The molecule has 1 heterocycles. The number of carbonyl (C=O) groups excluding carboxylic acids is 1. The Bertz CT molecular complexity index is 901. The molecule has 5 heteroatoms. The van der Waals surface area contributed by atoms with Crippen LogP contribution >= 0.6 is 27.5 Å². The molecule has 0 bridgehead atoms. The summed E-state index contributed by atoms with van der Waals surface area (Å²) in [5, 5.41) is 4.53. The maximum atomic E-state index is 12.3. The second-order valence-electron chi connectivity index (χ2n) is 5.47. The minimum Gasteiger partial charge on any atom is -0.464 e. The van der Waals surface area contributed by atoms with Gasteiger partial charge in [0.1, 0.15) is 5.58 Å². The first-order chi connectivity index (χ1) is 11.0. The molecule has 0 spiro atoms. The molecule has 1 N–H and O–H groups in total. The predicted molar refractivity (Wildman–Crippen MR) is 97.2 cm³/mol. The largest absolute Gasteiger partial charge is 0.464 e. The van der Waals surface area contributed by atoms with Crippen LogP contribution in [-0.2, 0) is 11.2 Å². The summed E-state index contributed by atoms with van der Waals surface area (Å²) in [6.45, 7) is 3.89. The number of hydrogen-bond acceptors (Lipinski definition) is 2.